The van der Waals surface area contributed by atoms with Crippen LogP contribution in [0.2, 0.25) is 0 Å². The summed E-state index contributed by atoms with van der Waals surface area (Å²) in [5, 5.41) is 3.56. The molecule has 2 unspecified atom stereocenters. The lowest BCUT2D eigenvalue weighted by Gasteiger charge is -2.21. The number of rotatable bonds is 5. The quantitative estimate of drug-likeness (QED) is 0.192. The van der Waals surface area contributed by atoms with Crippen molar-refractivity contribution in [1.29, 1.82) is 0 Å². The predicted octanol–water partition coefficient (Wildman–Crippen LogP) is 11.2. The lowest BCUT2D eigenvalue weighted by molar-refractivity contribution is 0.587. The van der Waals surface area contributed by atoms with Crippen LogP contribution >= 0.6 is 0 Å². The molecule has 4 aromatic carbocycles. The van der Waals surface area contributed by atoms with Gasteiger partial charge in [0.2, 0.25) is 0 Å². The Balaban J connectivity index is 1.10. The first-order valence-corrected chi connectivity index (χ1v) is 17.0. The van der Waals surface area contributed by atoms with Crippen LogP contribution in [0.25, 0.3) is 61.5 Å². The topological polar surface area (TPSA) is 51.8 Å². The van der Waals surface area contributed by atoms with Gasteiger partial charge in [0.05, 0.1) is 0 Å². The first-order chi connectivity index (χ1) is 23.7. The molecular formula is C44H35N3O. The molecule has 4 nitrogen and oxygen atoms in total. The summed E-state index contributed by atoms with van der Waals surface area (Å²) < 4.78 is 6.50. The monoisotopic (exact) mass is 621 g/mol. The van der Waals surface area contributed by atoms with E-state index in [1.165, 1.54) is 38.6 Å². The van der Waals surface area contributed by atoms with Crippen molar-refractivity contribution in [2.24, 2.45) is 5.92 Å². The van der Waals surface area contributed by atoms with Gasteiger partial charge in [0.25, 0.3) is 0 Å². The van der Waals surface area contributed by atoms with E-state index in [0.717, 1.165) is 71.0 Å². The standard InChI is InChI=1S/C44H35N3O/c1-28-24-38-40(27-37(28)29-12-5-2-6-13-29)48-39-19-11-18-36(41(38)39)34-22-20-33-26-35(23-21-32(33)25-34)44-46-42(30-14-7-3-8-15-30)45-43(47-44)31-16-9-4-10-17-31/h2-3,5-9,11-14,16-23,25-28,30H,4,10,15,24H2,1H3. The Labute approximate surface area is 280 Å². The van der Waals surface area contributed by atoms with E-state index >= 15 is 0 Å². The molecule has 48 heavy (non-hydrogen) atoms. The minimum absolute atomic E-state index is 0.145. The molecular weight excluding hydrogens is 587 g/mol. The van der Waals surface area contributed by atoms with E-state index in [1.807, 2.05) is 0 Å². The number of fused-ring (bicyclic) bond motifs is 4. The number of aromatic nitrogens is 3. The Kier molecular flexibility index (Phi) is 7.08. The van der Waals surface area contributed by atoms with Gasteiger partial charge in [-0.05, 0) is 88.9 Å². The van der Waals surface area contributed by atoms with Crippen LogP contribution in [0, 0.1) is 5.92 Å². The van der Waals surface area contributed by atoms with Crippen molar-refractivity contribution < 1.29 is 4.42 Å². The Morgan fingerprint density at radius 1 is 0.729 bits per heavy atom. The number of furan rings is 1. The van der Waals surface area contributed by atoms with E-state index in [9.17, 15) is 0 Å². The van der Waals surface area contributed by atoms with E-state index in [4.69, 9.17) is 19.4 Å². The van der Waals surface area contributed by atoms with Crippen molar-refractivity contribution in [2.45, 2.75) is 38.5 Å². The number of hydrogen-bond donors (Lipinski definition) is 0. The zero-order valence-corrected chi connectivity index (χ0v) is 26.9. The average molecular weight is 622 g/mol. The molecule has 2 atom stereocenters. The molecule has 0 radical (unpaired) electrons. The molecule has 9 rings (SSSR count). The van der Waals surface area contributed by atoms with E-state index in [1.54, 1.807) is 0 Å². The minimum atomic E-state index is 0.145. The maximum atomic E-state index is 6.50. The van der Waals surface area contributed by atoms with Crippen LogP contribution in [-0.2, 0) is 6.42 Å². The molecule has 0 bridgehead atoms. The summed E-state index contributed by atoms with van der Waals surface area (Å²) in [5.41, 5.74) is 9.31. The normalized spacial score (nSPS) is 18.6. The van der Waals surface area contributed by atoms with Gasteiger partial charge < -0.3 is 4.42 Å². The molecule has 6 aromatic rings. The zero-order valence-electron chi connectivity index (χ0n) is 26.9. The average Bonchev–Trinajstić information content (AvgIpc) is 3.52. The van der Waals surface area contributed by atoms with Gasteiger partial charge in [-0.2, -0.15) is 0 Å². The van der Waals surface area contributed by atoms with Crippen molar-refractivity contribution in [1.82, 2.24) is 15.0 Å². The largest absolute Gasteiger partial charge is 0.456 e. The summed E-state index contributed by atoms with van der Waals surface area (Å²) in [4.78, 5) is 15.0. The van der Waals surface area contributed by atoms with E-state index in [0.29, 0.717) is 5.92 Å². The lowest BCUT2D eigenvalue weighted by atomic mass is 9.82. The van der Waals surface area contributed by atoms with Crippen LogP contribution in [0.4, 0.5) is 0 Å². The Hall–Kier alpha value is -5.61. The highest BCUT2D eigenvalue weighted by Crippen LogP contribution is 2.43. The number of allylic oxidation sites excluding steroid dienone is 9. The molecule has 0 fully saturated rings. The van der Waals surface area contributed by atoms with Crippen molar-refractivity contribution in [2.75, 3.05) is 0 Å². The molecule has 3 aliphatic rings. The van der Waals surface area contributed by atoms with Crippen molar-refractivity contribution in [3.8, 4) is 22.5 Å². The van der Waals surface area contributed by atoms with Crippen molar-refractivity contribution in [3.05, 3.63) is 156 Å². The summed E-state index contributed by atoms with van der Waals surface area (Å²) in [6.07, 6.45) is 21.3. The maximum absolute atomic E-state index is 6.50. The van der Waals surface area contributed by atoms with Crippen LogP contribution in [-0.4, -0.2) is 15.0 Å². The fourth-order valence-corrected chi connectivity index (χ4v) is 7.41. The van der Waals surface area contributed by atoms with Crippen molar-refractivity contribution >= 4 is 39.0 Å². The third-order valence-corrected chi connectivity index (χ3v) is 9.91. The summed E-state index contributed by atoms with van der Waals surface area (Å²) in [5.74, 6) is 3.82. The molecule has 4 heteroatoms. The summed E-state index contributed by atoms with van der Waals surface area (Å²) in [6.45, 7) is 2.32. The van der Waals surface area contributed by atoms with Gasteiger partial charge >= 0.3 is 0 Å². The second-order valence-electron chi connectivity index (χ2n) is 13.1. The molecule has 3 aliphatic carbocycles. The lowest BCUT2D eigenvalue weighted by Crippen LogP contribution is -2.09. The number of benzene rings is 4. The van der Waals surface area contributed by atoms with Gasteiger partial charge in [0.1, 0.15) is 17.2 Å². The first-order valence-electron chi connectivity index (χ1n) is 17.0. The predicted molar refractivity (Wildman–Crippen MR) is 197 cm³/mol. The van der Waals surface area contributed by atoms with Crippen LogP contribution in [0.3, 0.4) is 0 Å². The Morgan fingerprint density at radius 2 is 1.56 bits per heavy atom. The maximum Gasteiger partial charge on any atom is 0.163 e. The van der Waals surface area contributed by atoms with E-state index < -0.39 is 0 Å². The van der Waals surface area contributed by atoms with Gasteiger partial charge in [0.15, 0.2) is 11.6 Å². The zero-order chi connectivity index (χ0) is 32.0. The SMILES string of the molecule is CC1Cc2c(oc3cccc(-c4ccc5cc(-c6nc(C7=CCCC=C7)nc(C7C=CC=CC7)n6)ccc5c4)c23)C=C1c1ccccc1. The van der Waals surface area contributed by atoms with Gasteiger partial charge in [0, 0.05) is 28.0 Å². The molecule has 0 N–H and O–H groups in total. The Morgan fingerprint density at radius 3 is 2.38 bits per heavy atom. The van der Waals surface area contributed by atoms with Crippen LogP contribution < -0.4 is 0 Å². The highest BCUT2D eigenvalue weighted by Gasteiger charge is 2.26. The number of hydrogen-bond acceptors (Lipinski definition) is 4. The van der Waals surface area contributed by atoms with Gasteiger partial charge in [-0.3, -0.25) is 0 Å². The first kappa shape index (κ1) is 28.6. The Bertz CT molecular complexity index is 2370. The molecule has 2 heterocycles. The third kappa shape index (κ3) is 5.14. The summed E-state index contributed by atoms with van der Waals surface area (Å²) in [6, 6.07) is 30.4. The third-order valence-electron chi connectivity index (χ3n) is 9.91. The molecule has 232 valence electrons. The molecule has 0 spiro atoms. The van der Waals surface area contributed by atoms with Crippen LogP contribution in [0.15, 0.2) is 132 Å². The van der Waals surface area contributed by atoms with Gasteiger partial charge in [-0.1, -0.05) is 116 Å². The van der Waals surface area contributed by atoms with Gasteiger partial charge in [-0.25, -0.2) is 15.0 Å². The smallest absolute Gasteiger partial charge is 0.163 e. The molecule has 0 aliphatic heterocycles. The van der Waals surface area contributed by atoms with Crippen LogP contribution in [0.1, 0.15) is 60.6 Å². The van der Waals surface area contributed by atoms with E-state index in [-0.39, 0.29) is 5.92 Å². The molecule has 0 amide bonds. The second kappa shape index (κ2) is 11.9. The minimum Gasteiger partial charge on any atom is -0.456 e. The molecule has 0 saturated carbocycles. The molecule has 2 aromatic heterocycles. The van der Waals surface area contributed by atoms with Gasteiger partial charge in [-0.15, -0.1) is 0 Å². The second-order valence-corrected chi connectivity index (χ2v) is 13.1. The fraction of sp³-hybridized carbons (Fsp3) is 0.159. The molecule has 0 saturated heterocycles. The van der Waals surface area contributed by atoms with Crippen molar-refractivity contribution in [3.63, 3.8) is 0 Å². The summed E-state index contributed by atoms with van der Waals surface area (Å²) in [7, 11) is 0. The fourth-order valence-electron chi connectivity index (χ4n) is 7.41. The van der Waals surface area contributed by atoms with Crippen LogP contribution in [0.5, 0.6) is 0 Å². The highest BCUT2D eigenvalue weighted by atomic mass is 16.3. The van der Waals surface area contributed by atoms with E-state index in [2.05, 4.69) is 140 Å². The summed E-state index contributed by atoms with van der Waals surface area (Å²) >= 11 is 0. The number of nitrogens with zero attached hydrogens (tertiary/aromatic N) is 3. The highest BCUT2D eigenvalue weighted by molar-refractivity contribution is 6.02.